The zero-order chi connectivity index (χ0) is 14.7. The Hall–Kier alpha value is -1.45. The van der Waals surface area contributed by atoms with E-state index in [-0.39, 0.29) is 12.4 Å². The minimum absolute atomic E-state index is 0.0720. The molecule has 9 heteroatoms. The number of nitrogens with zero attached hydrogens (tertiary/aromatic N) is 2. The third-order valence-electron chi connectivity index (χ3n) is 2.35. The van der Waals surface area contributed by atoms with E-state index in [1.165, 1.54) is 13.2 Å². The molecule has 1 aromatic heterocycles. The number of hydrogen-bond donors (Lipinski definition) is 1. The zero-order valence-electron chi connectivity index (χ0n) is 10.6. The second kappa shape index (κ2) is 5.68. The molecule has 0 radical (unpaired) electrons. The summed E-state index contributed by atoms with van der Waals surface area (Å²) in [5.41, 5.74) is 0.445. The summed E-state index contributed by atoms with van der Waals surface area (Å²) in [6.45, 7) is 3.10. The number of rotatable bonds is 6. The van der Waals surface area contributed by atoms with Crippen molar-refractivity contribution in [2.45, 2.75) is 6.54 Å². The molecule has 1 aromatic rings. The molecule has 0 fully saturated rings. The van der Waals surface area contributed by atoms with Crippen LogP contribution in [-0.4, -0.2) is 35.1 Å². The first-order valence-corrected chi connectivity index (χ1v) is 8.57. The highest BCUT2D eigenvalue weighted by molar-refractivity contribution is 7.92. The highest BCUT2D eigenvalue weighted by atomic mass is 32.2. The van der Waals surface area contributed by atoms with E-state index in [2.05, 4.69) is 16.3 Å². The number of aromatic nitrogens is 1. The molecular formula is C10H15N3O4S2. The van der Waals surface area contributed by atoms with E-state index in [1.54, 1.807) is 12.1 Å². The minimum Gasteiger partial charge on any atom is -0.257 e. The van der Waals surface area contributed by atoms with Crippen molar-refractivity contribution >= 4 is 25.9 Å². The smallest absolute Gasteiger partial charge is 0.233 e. The van der Waals surface area contributed by atoms with Crippen LogP contribution in [0.25, 0.3) is 0 Å². The van der Waals surface area contributed by atoms with E-state index in [1.807, 2.05) is 0 Å². The molecule has 0 spiro atoms. The van der Waals surface area contributed by atoms with Gasteiger partial charge in [-0.2, -0.15) is 0 Å². The first-order valence-electron chi connectivity index (χ1n) is 5.17. The van der Waals surface area contributed by atoms with Crippen molar-refractivity contribution in [3.05, 3.63) is 35.9 Å². The second-order valence-corrected chi connectivity index (χ2v) is 7.48. The van der Waals surface area contributed by atoms with Crippen molar-refractivity contribution in [3.8, 4) is 0 Å². The molecule has 0 aromatic carbocycles. The summed E-state index contributed by atoms with van der Waals surface area (Å²) in [5.74, 6) is 0.178. The molecule has 0 aliphatic heterocycles. The Labute approximate surface area is 113 Å². The number of nitrogens with one attached hydrogen (secondary N) is 1. The summed E-state index contributed by atoms with van der Waals surface area (Å²) >= 11 is 0. The van der Waals surface area contributed by atoms with Gasteiger partial charge < -0.3 is 0 Å². The van der Waals surface area contributed by atoms with Gasteiger partial charge in [0.2, 0.25) is 20.0 Å². The predicted octanol–water partition coefficient (Wildman–Crippen LogP) is 0.0403. The van der Waals surface area contributed by atoms with Gasteiger partial charge in [0, 0.05) is 30.8 Å². The lowest BCUT2D eigenvalue weighted by atomic mass is 10.2. The van der Waals surface area contributed by atoms with E-state index in [0.717, 1.165) is 16.0 Å². The first kappa shape index (κ1) is 15.6. The fourth-order valence-electron chi connectivity index (χ4n) is 1.25. The van der Waals surface area contributed by atoms with Gasteiger partial charge in [0.1, 0.15) is 5.82 Å². The SMILES string of the molecule is C=CS(=O)(=O)NCc1cccnc1N(C)S(C)(=O)=O. The summed E-state index contributed by atoms with van der Waals surface area (Å²) < 4.78 is 48.7. The van der Waals surface area contributed by atoms with Gasteiger partial charge in [0.15, 0.2) is 0 Å². The molecule has 0 unspecified atom stereocenters. The van der Waals surface area contributed by atoms with Crippen LogP contribution in [-0.2, 0) is 26.6 Å². The van der Waals surface area contributed by atoms with Crippen molar-refractivity contribution in [1.82, 2.24) is 9.71 Å². The predicted molar refractivity (Wildman–Crippen MR) is 73.4 cm³/mol. The molecule has 7 nitrogen and oxygen atoms in total. The van der Waals surface area contributed by atoms with E-state index < -0.39 is 20.0 Å². The van der Waals surface area contributed by atoms with Crippen LogP contribution in [0.5, 0.6) is 0 Å². The number of pyridine rings is 1. The molecule has 0 saturated carbocycles. The maximum atomic E-state index is 11.5. The van der Waals surface area contributed by atoms with Gasteiger partial charge in [0.05, 0.1) is 6.26 Å². The first-order chi connectivity index (χ1) is 8.67. The van der Waals surface area contributed by atoms with Crippen LogP contribution in [0, 0.1) is 0 Å². The molecule has 1 heterocycles. The van der Waals surface area contributed by atoms with Gasteiger partial charge in [-0.05, 0) is 6.07 Å². The highest BCUT2D eigenvalue weighted by Crippen LogP contribution is 2.18. The number of hydrogen-bond acceptors (Lipinski definition) is 5. The van der Waals surface area contributed by atoms with Crippen LogP contribution >= 0.6 is 0 Å². The molecule has 19 heavy (non-hydrogen) atoms. The van der Waals surface area contributed by atoms with E-state index in [4.69, 9.17) is 0 Å². The Morgan fingerprint density at radius 1 is 1.42 bits per heavy atom. The molecule has 1 N–H and O–H groups in total. The molecule has 0 aliphatic carbocycles. The van der Waals surface area contributed by atoms with Crippen molar-refractivity contribution in [2.24, 2.45) is 0 Å². The second-order valence-electron chi connectivity index (χ2n) is 3.75. The van der Waals surface area contributed by atoms with Gasteiger partial charge in [-0.3, -0.25) is 4.31 Å². The average molecular weight is 305 g/mol. The standard InChI is InChI=1S/C10H15N3O4S2/c1-4-19(16,17)12-8-9-6-5-7-11-10(9)13(2)18(3,14)15/h4-7,12H,1,8H2,2-3H3. The monoisotopic (exact) mass is 305 g/mol. The highest BCUT2D eigenvalue weighted by Gasteiger charge is 2.17. The molecule has 106 valence electrons. The minimum atomic E-state index is -3.58. The van der Waals surface area contributed by atoms with Crippen molar-refractivity contribution < 1.29 is 16.8 Å². The van der Waals surface area contributed by atoms with Gasteiger partial charge >= 0.3 is 0 Å². The van der Waals surface area contributed by atoms with Crippen LogP contribution in [0.15, 0.2) is 30.3 Å². The molecule has 0 amide bonds. The van der Waals surface area contributed by atoms with Crippen molar-refractivity contribution in [3.63, 3.8) is 0 Å². The van der Waals surface area contributed by atoms with Gasteiger partial charge in [-0.25, -0.2) is 26.5 Å². The lowest BCUT2D eigenvalue weighted by molar-refractivity contribution is 0.590. The maximum absolute atomic E-state index is 11.5. The van der Waals surface area contributed by atoms with E-state index in [0.29, 0.717) is 5.56 Å². The van der Waals surface area contributed by atoms with E-state index >= 15 is 0 Å². The van der Waals surface area contributed by atoms with Crippen molar-refractivity contribution in [2.75, 3.05) is 17.6 Å². The van der Waals surface area contributed by atoms with Crippen LogP contribution in [0.3, 0.4) is 0 Å². The number of anilines is 1. The van der Waals surface area contributed by atoms with Crippen molar-refractivity contribution in [1.29, 1.82) is 0 Å². The van der Waals surface area contributed by atoms with E-state index in [9.17, 15) is 16.8 Å². The van der Waals surface area contributed by atoms with Crippen LogP contribution in [0.2, 0.25) is 0 Å². The Morgan fingerprint density at radius 2 is 2.05 bits per heavy atom. The molecule has 0 atom stereocenters. The lowest BCUT2D eigenvalue weighted by Gasteiger charge is -2.18. The largest absolute Gasteiger partial charge is 0.257 e. The fraction of sp³-hybridized carbons (Fsp3) is 0.300. The maximum Gasteiger partial charge on any atom is 0.233 e. The molecule has 0 saturated heterocycles. The van der Waals surface area contributed by atoms with Gasteiger partial charge in [-0.1, -0.05) is 12.6 Å². The summed E-state index contributed by atoms with van der Waals surface area (Å²) in [5, 5.41) is 0.781. The topological polar surface area (TPSA) is 96.4 Å². The van der Waals surface area contributed by atoms with Crippen LogP contribution in [0.1, 0.15) is 5.56 Å². The Morgan fingerprint density at radius 3 is 2.58 bits per heavy atom. The third-order valence-corrected chi connectivity index (χ3v) is 4.50. The molecule has 0 bridgehead atoms. The number of sulfonamides is 2. The average Bonchev–Trinajstić information content (AvgIpc) is 2.35. The van der Waals surface area contributed by atoms with Crippen LogP contribution in [0.4, 0.5) is 5.82 Å². The van der Waals surface area contributed by atoms with Gasteiger partial charge in [0.25, 0.3) is 0 Å². The molecular weight excluding hydrogens is 290 g/mol. The summed E-state index contributed by atoms with van der Waals surface area (Å²) in [6.07, 6.45) is 2.47. The lowest BCUT2D eigenvalue weighted by Crippen LogP contribution is -2.28. The normalized spacial score (nSPS) is 12.1. The third kappa shape index (κ3) is 4.30. The summed E-state index contributed by atoms with van der Waals surface area (Å²) in [6, 6.07) is 3.19. The molecule has 1 rings (SSSR count). The summed E-state index contributed by atoms with van der Waals surface area (Å²) in [4.78, 5) is 3.96. The Kier molecular flexibility index (Phi) is 4.66. The zero-order valence-corrected chi connectivity index (χ0v) is 12.2. The quantitative estimate of drug-likeness (QED) is 0.800. The van der Waals surface area contributed by atoms with Crippen LogP contribution < -0.4 is 9.03 Å². The Bertz CT molecular complexity index is 668. The summed E-state index contributed by atoms with van der Waals surface area (Å²) in [7, 11) is -5.69. The molecule has 0 aliphatic rings. The fourth-order valence-corrected chi connectivity index (χ4v) is 2.20. The Balaban J connectivity index is 3.07. The van der Waals surface area contributed by atoms with Gasteiger partial charge in [-0.15, -0.1) is 0 Å².